The molecule has 1 aromatic rings. The highest BCUT2D eigenvalue weighted by atomic mass is 19.1. The second-order valence-corrected chi connectivity index (χ2v) is 5.10. The molecule has 1 heterocycles. The maximum Gasteiger partial charge on any atom is 0.126 e. The zero-order valence-corrected chi connectivity index (χ0v) is 11.4. The standard InChI is InChI=1S/C15H23FN2/c1-3-4-15(18-9-7-17-8-10-18)13-5-6-14(16)12(2)11-13/h5-6,11,15,17H,3-4,7-10H2,1-2H3/t15-/m0/s1. The molecule has 2 rings (SSSR count). The Morgan fingerprint density at radius 1 is 1.33 bits per heavy atom. The van der Waals surface area contributed by atoms with Crippen LogP contribution in [-0.4, -0.2) is 31.1 Å². The van der Waals surface area contributed by atoms with Gasteiger partial charge < -0.3 is 5.32 Å². The Bertz CT molecular complexity index is 386. The Morgan fingerprint density at radius 3 is 2.67 bits per heavy atom. The lowest BCUT2D eigenvalue weighted by atomic mass is 9.98. The van der Waals surface area contributed by atoms with Gasteiger partial charge in [-0.15, -0.1) is 0 Å². The molecule has 1 aliphatic heterocycles. The summed E-state index contributed by atoms with van der Waals surface area (Å²) in [6, 6.07) is 6.01. The monoisotopic (exact) mass is 250 g/mol. The Balaban J connectivity index is 2.19. The number of rotatable bonds is 4. The van der Waals surface area contributed by atoms with E-state index in [1.54, 1.807) is 6.07 Å². The number of piperazine rings is 1. The smallest absolute Gasteiger partial charge is 0.126 e. The number of halogens is 1. The molecule has 0 saturated carbocycles. The maximum absolute atomic E-state index is 13.4. The van der Waals surface area contributed by atoms with Crippen LogP contribution in [-0.2, 0) is 0 Å². The average molecular weight is 250 g/mol. The topological polar surface area (TPSA) is 15.3 Å². The number of nitrogens with zero attached hydrogens (tertiary/aromatic N) is 1. The van der Waals surface area contributed by atoms with Gasteiger partial charge in [-0.3, -0.25) is 4.90 Å². The van der Waals surface area contributed by atoms with Crippen molar-refractivity contribution < 1.29 is 4.39 Å². The summed E-state index contributed by atoms with van der Waals surface area (Å²) in [7, 11) is 0. The second kappa shape index (κ2) is 6.30. The lowest BCUT2D eigenvalue weighted by molar-refractivity contribution is 0.164. The van der Waals surface area contributed by atoms with Gasteiger partial charge in [0.2, 0.25) is 0 Å². The quantitative estimate of drug-likeness (QED) is 0.884. The zero-order chi connectivity index (χ0) is 13.0. The number of benzene rings is 1. The molecule has 1 aromatic carbocycles. The SMILES string of the molecule is CCC[C@@H](c1ccc(F)c(C)c1)N1CCNCC1. The van der Waals surface area contributed by atoms with Crippen molar-refractivity contribution in [3.05, 3.63) is 35.1 Å². The molecule has 0 aliphatic carbocycles. The van der Waals surface area contributed by atoms with Gasteiger partial charge in [0.15, 0.2) is 0 Å². The van der Waals surface area contributed by atoms with Crippen molar-refractivity contribution >= 4 is 0 Å². The van der Waals surface area contributed by atoms with E-state index >= 15 is 0 Å². The minimum atomic E-state index is -0.102. The minimum Gasteiger partial charge on any atom is -0.314 e. The van der Waals surface area contributed by atoms with E-state index in [0.29, 0.717) is 6.04 Å². The van der Waals surface area contributed by atoms with Crippen LogP contribution in [0.15, 0.2) is 18.2 Å². The van der Waals surface area contributed by atoms with E-state index in [9.17, 15) is 4.39 Å². The van der Waals surface area contributed by atoms with Gasteiger partial charge in [0.05, 0.1) is 0 Å². The van der Waals surface area contributed by atoms with E-state index in [-0.39, 0.29) is 5.82 Å². The Morgan fingerprint density at radius 2 is 2.06 bits per heavy atom. The van der Waals surface area contributed by atoms with E-state index in [4.69, 9.17) is 0 Å². The first-order valence-corrected chi connectivity index (χ1v) is 6.93. The number of aryl methyl sites for hydroxylation is 1. The first-order chi connectivity index (χ1) is 8.72. The summed E-state index contributed by atoms with van der Waals surface area (Å²) in [5.74, 6) is -0.102. The molecule has 0 amide bonds. The van der Waals surface area contributed by atoms with E-state index < -0.39 is 0 Å². The lowest BCUT2D eigenvalue weighted by Crippen LogP contribution is -2.45. The molecular formula is C15H23FN2. The van der Waals surface area contributed by atoms with E-state index in [1.165, 1.54) is 5.56 Å². The lowest BCUT2D eigenvalue weighted by Gasteiger charge is -2.35. The third kappa shape index (κ3) is 3.09. The van der Waals surface area contributed by atoms with Crippen molar-refractivity contribution in [2.75, 3.05) is 26.2 Å². The average Bonchev–Trinajstić information content (AvgIpc) is 2.40. The number of hydrogen-bond acceptors (Lipinski definition) is 2. The van der Waals surface area contributed by atoms with Crippen LogP contribution in [0.5, 0.6) is 0 Å². The van der Waals surface area contributed by atoms with Gasteiger partial charge in [-0.2, -0.15) is 0 Å². The summed E-state index contributed by atoms with van der Waals surface area (Å²) in [5.41, 5.74) is 2.02. The molecule has 0 spiro atoms. The Hall–Kier alpha value is -0.930. The van der Waals surface area contributed by atoms with Gasteiger partial charge in [-0.25, -0.2) is 4.39 Å². The molecular weight excluding hydrogens is 227 g/mol. The highest BCUT2D eigenvalue weighted by Gasteiger charge is 2.21. The molecule has 1 atom stereocenters. The molecule has 3 heteroatoms. The van der Waals surface area contributed by atoms with Crippen molar-refractivity contribution in [1.82, 2.24) is 10.2 Å². The predicted molar refractivity (Wildman–Crippen MR) is 73.2 cm³/mol. The zero-order valence-electron chi connectivity index (χ0n) is 11.4. The summed E-state index contributed by atoms with van der Waals surface area (Å²) in [5, 5.41) is 3.38. The van der Waals surface area contributed by atoms with Crippen LogP contribution >= 0.6 is 0 Å². The molecule has 0 radical (unpaired) electrons. The molecule has 1 N–H and O–H groups in total. The van der Waals surface area contributed by atoms with Crippen molar-refractivity contribution in [2.45, 2.75) is 32.7 Å². The molecule has 100 valence electrons. The fourth-order valence-electron chi connectivity index (χ4n) is 2.70. The van der Waals surface area contributed by atoms with E-state index in [1.807, 2.05) is 19.1 Å². The minimum absolute atomic E-state index is 0.102. The third-order valence-electron chi connectivity index (χ3n) is 3.72. The molecule has 2 nitrogen and oxygen atoms in total. The first-order valence-electron chi connectivity index (χ1n) is 6.93. The maximum atomic E-state index is 13.4. The van der Waals surface area contributed by atoms with Gasteiger partial charge in [-0.05, 0) is 30.5 Å². The number of hydrogen-bond donors (Lipinski definition) is 1. The van der Waals surface area contributed by atoms with Gasteiger partial charge >= 0.3 is 0 Å². The number of nitrogens with one attached hydrogen (secondary N) is 1. The van der Waals surface area contributed by atoms with Crippen molar-refractivity contribution in [3.63, 3.8) is 0 Å². The van der Waals surface area contributed by atoms with Crippen LogP contribution in [0.3, 0.4) is 0 Å². The van der Waals surface area contributed by atoms with E-state index in [2.05, 4.69) is 17.1 Å². The summed E-state index contributed by atoms with van der Waals surface area (Å²) >= 11 is 0. The Labute approximate surface area is 109 Å². The second-order valence-electron chi connectivity index (χ2n) is 5.10. The van der Waals surface area contributed by atoms with Crippen LogP contribution in [0.4, 0.5) is 4.39 Å². The largest absolute Gasteiger partial charge is 0.314 e. The summed E-state index contributed by atoms with van der Waals surface area (Å²) in [4.78, 5) is 2.52. The van der Waals surface area contributed by atoms with Crippen LogP contribution < -0.4 is 5.32 Å². The molecule has 1 aliphatic rings. The normalized spacial score (nSPS) is 18.8. The van der Waals surface area contributed by atoms with Crippen molar-refractivity contribution in [3.8, 4) is 0 Å². The highest BCUT2D eigenvalue weighted by Crippen LogP contribution is 2.27. The first kappa shape index (κ1) is 13.5. The molecule has 0 bridgehead atoms. The highest BCUT2D eigenvalue weighted by molar-refractivity contribution is 5.26. The van der Waals surface area contributed by atoms with E-state index in [0.717, 1.165) is 44.6 Å². The van der Waals surface area contributed by atoms with Gasteiger partial charge in [-0.1, -0.05) is 25.5 Å². The van der Waals surface area contributed by atoms with Crippen LogP contribution in [0.1, 0.15) is 36.9 Å². The molecule has 1 saturated heterocycles. The van der Waals surface area contributed by atoms with Gasteiger partial charge in [0, 0.05) is 32.2 Å². The van der Waals surface area contributed by atoms with Gasteiger partial charge in [0.1, 0.15) is 5.82 Å². The molecule has 0 unspecified atom stereocenters. The van der Waals surface area contributed by atoms with Crippen LogP contribution in [0.25, 0.3) is 0 Å². The molecule has 0 aromatic heterocycles. The predicted octanol–water partition coefficient (Wildman–Crippen LogP) is 2.88. The molecule has 18 heavy (non-hydrogen) atoms. The summed E-state index contributed by atoms with van der Waals surface area (Å²) in [6.45, 7) is 8.34. The Kier molecular flexibility index (Phi) is 4.72. The summed E-state index contributed by atoms with van der Waals surface area (Å²) < 4.78 is 13.4. The third-order valence-corrected chi connectivity index (χ3v) is 3.72. The van der Waals surface area contributed by atoms with Crippen LogP contribution in [0, 0.1) is 12.7 Å². The fraction of sp³-hybridized carbons (Fsp3) is 0.600. The van der Waals surface area contributed by atoms with Crippen LogP contribution in [0.2, 0.25) is 0 Å². The fourth-order valence-corrected chi connectivity index (χ4v) is 2.70. The van der Waals surface area contributed by atoms with Gasteiger partial charge in [0.25, 0.3) is 0 Å². The van der Waals surface area contributed by atoms with Crippen molar-refractivity contribution in [2.24, 2.45) is 0 Å². The molecule has 1 fully saturated rings. The van der Waals surface area contributed by atoms with Crippen molar-refractivity contribution in [1.29, 1.82) is 0 Å². The summed E-state index contributed by atoms with van der Waals surface area (Å²) in [6.07, 6.45) is 2.30.